The molecule has 6 heteroatoms. The molecule has 1 atom stereocenters. The van der Waals surface area contributed by atoms with Crippen LogP contribution in [0.25, 0.3) is 20.4 Å². The van der Waals surface area contributed by atoms with Gasteiger partial charge in [-0.25, -0.2) is 4.98 Å². The van der Waals surface area contributed by atoms with Crippen molar-refractivity contribution in [1.29, 1.82) is 0 Å². The van der Waals surface area contributed by atoms with E-state index in [2.05, 4.69) is 28.4 Å². The van der Waals surface area contributed by atoms with Gasteiger partial charge in [0, 0.05) is 24.7 Å². The van der Waals surface area contributed by atoms with Crippen molar-refractivity contribution in [3.8, 4) is 0 Å². The molecule has 1 fully saturated rings. The Morgan fingerprint density at radius 1 is 1.43 bits per heavy atom. The molecule has 4 rings (SSSR count). The number of aromatic nitrogens is 3. The minimum Gasteiger partial charge on any atom is -0.379 e. The van der Waals surface area contributed by atoms with Crippen molar-refractivity contribution in [3.05, 3.63) is 17.3 Å². The standard InChI is InChI=1S/C15H18N4OS/c1-8-6-9(2)16-15-11(8)12-13(21-15)14(18-19(12)3)17-10-4-5-20-7-10/h6,10H,4-5,7H2,1-3H3,(H,17,18). The van der Waals surface area contributed by atoms with E-state index in [1.807, 2.05) is 18.7 Å². The van der Waals surface area contributed by atoms with E-state index in [1.54, 1.807) is 11.3 Å². The number of nitrogens with one attached hydrogen (secondary N) is 1. The molecule has 4 heterocycles. The Bertz CT molecular complexity index is 829. The lowest BCUT2D eigenvalue weighted by atomic mass is 10.1. The van der Waals surface area contributed by atoms with E-state index in [9.17, 15) is 0 Å². The van der Waals surface area contributed by atoms with Crippen LogP contribution in [0.3, 0.4) is 0 Å². The summed E-state index contributed by atoms with van der Waals surface area (Å²) >= 11 is 1.72. The number of rotatable bonds is 2. The van der Waals surface area contributed by atoms with Crippen molar-refractivity contribution >= 4 is 37.6 Å². The van der Waals surface area contributed by atoms with E-state index in [1.165, 1.54) is 21.2 Å². The van der Waals surface area contributed by atoms with Gasteiger partial charge < -0.3 is 10.1 Å². The molecule has 0 amide bonds. The fourth-order valence-electron chi connectivity index (χ4n) is 3.07. The molecule has 0 radical (unpaired) electrons. The van der Waals surface area contributed by atoms with Gasteiger partial charge in [0.1, 0.15) is 4.83 Å². The van der Waals surface area contributed by atoms with Crippen LogP contribution in [0.1, 0.15) is 17.7 Å². The third kappa shape index (κ3) is 2.01. The molecular formula is C15H18N4OS. The second-order valence-corrected chi connectivity index (χ2v) is 6.72. The highest BCUT2D eigenvalue weighted by Crippen LogP contribution is 2.39. The van der Waals surface area contributed by atoms with Gasteiger partial charge in [-0.1, -0.05) is 0 Å². The summed E-state index contributed by atoms with van der Waals surface area (Å²) < 4.78 is 8.60. The second-order valence-electron chi connectivity index (χ2n) is 5.72. The number of aryl methyl sites for hydroxylation is 3. The van der Waals surface area contributed by atoms with Gasteiger partial charge in [0.25, 0.3) is 0 Å². The molecule has 110 valence electrons. The lowest BCUT2D eigenvalue weighted by Crippen LogP contribution is -2.19. The molecule has 1 unspecified atom stereocenters. The zero-order valence-electron chi connectivity index (χ0n) is 12.4. The summed E-state index contributed by atoms with van der Waals surface area (Å²) in [5.41, 5.74) is 3.52. The van der Waals surface area contributed by atoms with Crippen molar-refractivity contribution in [2.75, 3.05) is 18.5 Å². The number of anilines is 1. The third-order valence-electron chi connectivity index (χ3n) is 4.02. The van der Waals surface area contributed by atoms with Crippen LogP contribution < -0.4 is 5.32 Å². The molecule has 0 aliphatic carbocycles. The first-order chi connectivity index (χ1) is 10.1. The first-order valence-corrected chi connectivity index (χ1v) is 8.03. The van der Waals surface area contributed by atoms with Gasteiger partial charge in [-0.05, 0) is 31.9 Å². The smallest absolute Gasteiger partial charge is 0.166 e. The predicted octanol–water partition coefficient (Wildman–Crippen LogP) is 3.00. The fourth-order valence-corrected chi connectivity index (χ4v) is 4.34. The van der Waals surface area contributed by atoms with E-state index in [-0.39, 0.29) is 0 Å². The molecule has 1 aliphatic heterocycles. The molecule has 1 aliphatic rings. The van der Waals surface area contributed by atoms with Gasteiger partial charge in [-0.15, -0.1) is 11.3 Å². The Hall–Kier alpha value is -1.66. The summed E-state index contributed by atoms with van der Waals surface area (Å²) in [4.78, 5) is 5.78. The van der Waals surface area contributed by atoms with Crippen LogP contribution in [0, 0.1) is 13.8 Å². The Kier molecular flexibility index (Phi) is 2.90. The maximum Gasteiger partial charge on any atom is 0.166 e. The Morgan fingerprint density at radius 3 is 3.05 bits per heavy atom. The minimum atomic E-state index is 0.365. The van der Waals surface area contributed by atoms with Gasteiger partial charge in [-0.2, -0.15) is 5.10 Å². The average molecular weight is 302 g/mol. The Balaban J connectivity index is 1.91. The number of fused-ring (bicyclic) bond motifs is 3. The Labute approximate surface area is 126 Å². The van der Waals surface area contributed by atoms with Gasteiger partial charge in [-0.3, -0.25) is 4.68 Å². The van der Waals surface area contributed by atoms with E-state index >= 15 is 0 Å². The van der Waals surface area contributed by atoms with E-state index in [0.717, 1.165) is 36.0 Å². The normalized spacial score (nSPS) is 18.9. The van der Waals surface area contributed by atoms with Crippen LogP contribution >= 0.6 is 11.3 Å². The van der Waals surface area contributed by atoms with E-state index < -0.39 is 0 Å². The zero-order chi connectivity index (χ0) is 14.6. The number of hydrogen-bond donors (Lipinski definition) is 1. The van der Waals surface area contributed by atoms with Crippen molar-refractivity contribution in [3.63, 3.8) is 0 Å². The third-order valence-corrected chi connectivity index (χ3v) is 5.10. The number of nitrogens with zero attached hydrogens (tertiary/aromatic N) is 3. The molecule has 5 nitrogen and oxygen atoms in total. The highest BCUT2D eigenvalue weighted by atomic mass is 32.1. The number of hydrogen-bond acceptors (Lipinski definition) is 5. The van der Waals surface area contributed by atoms with Crippen molar-refractivity contribution in [2.24, 2.45) is 7.05 Å². The van der Waals surface area contributed by atoms with Crippen LogP contribution in [-0.4, -0.2) is 34.0 Å². The molecule has 0 saturated carbocycles. The SMILES string of the molecule is Cc1cc(C)c2c(n1)sc1c(NC3CCOC3)nn(C)c12. The van der Waals surface area contributed by atoms with Gasteiger partial charge in [0.2, 0.25) is 0 Å². The predicted molar refractivity (Wildman–Crippen MR) is 86.2 cm³/mol. The lowest BCUT2D eigenvalue weighted by molar-refractivity contribution is 0.195. The largest absolute Gasteiger partial charge is 0.379 e. The number of thiophene rings is 1. The molecule has 3 aromatic heterocycles. The highest BCUT2D eigenvalue weighted by molar-refractivity contribution is 7.26. The number of pyridine rings is 1. The second kappa shape index (κ2) is 4.68. The summed E-state index contributed by atoms with van der Waals surface area (Å²) in [5, 5.41) is 9.41. The molecular weight excluding hydrogens is 284 g/mol. The monoisotopic (exact) mass is 302 g/mol. The topological polar surface area (TPSA) is 52.0 Å². The fraction of sp³-hybridized carbons (Fsp3) is 0.467. The first-order valence-electron chi connectivity index (χ1n) is 7.21. The van der Waals surface area contributed by atoms with Crippen LogP contribution in [0.4, 0.5) is 5.82 Å². The summed E-state index contributed by atoms with van der Waals surface area (Å²) in [6.07, 6.45) is 1.04. The van der Waals surface area contributed by atoms with Crippen molar-refractivity contribution in [2.45, 2.75) is 26.3 Å². The van der Waals surface area contributed by atoms with Crippen LogP contribution in [0.15, 0.2) is 6.07 Å². The molecule has 0 bridgehead atoms. The maximum absolute atomic E-state index is 5.44. The Morgan fingerprint density at radius 2 is 2.29 bits per heavy atom. The van der Waals surface area contributed by atoms with E-state index in [0.29, 0.717) is 6.04 Å². The zero-order valence-corrected chi connectivity index (χ0v) is 13.3. The van der Waals surface area contributed by atoms with Crippen LogP contribution in [0.2, 0.25) is 0 Å². The maximum atomic E-state index is 5.44. The minimum absolute atomic E-state index is 0.365. The lowest BCUT2D eigenvalue weighted by Gasteiger charge is -2.08. The molecule has 0 aromatic carbocycles. The van der Waals surface area contributed by atoms with Gasteiger partial charge in [0.15, 0.2) is 5.82 Å². The average Bonchev–Trinajstić information content (AvgIpc) is 3.09. The molecule has 21 heavy (non-hydrogen) atoms. The van der Waals surface area contributed by atoms with Crippen molar-refractivity contribution in [1.82, 2.24) is 14.8 Å². The van der Waals surface area contributed by atoms with Crippen molar-refractivity contribution < 1.29 is 4.74 Å². The van der Waals surface area contributed by atoms with Gasteiger partial charge >= 0.3 is 0 Å². The summed E-state index contributed by atoms with van der Waals surface area (Å²) in [7, 11) is 2.00. The highest BCUT2D eigenvalue weighted by Gasteiger charge is 2.21. The first kappa shape index (κ1) is 13.0. The quantitative estimate of drug-likeness (QED) is 0.790. The molecule has 3 aromatic rings. The number of ether oxygens (including phenoxy) is 1. The summed E-state index contributed by atoms with van der Waals surface area (Å²) in [5.74, 6) is 0.961. The molecule has 1 N–H and O–H groups in total. The molecule has 0 spiro atoms. The summed E-state index contributed by atoms with van der Waals surface area (Å²) in [6, 6.07) is 2.50. The van der Waals surface area contributed by atoms with Gasteiger partial charge in [0.05, 0.1) is 22.9 Å². The molecule has 1 saturated heterocycles. The van der Waals surface area contributed by atoms with Crippen LogP contribution in [-0.2, 0) is 11.8 Å². The van der Waals surface area contributed by atoms with E-state index in [4.69, 9.17) is 4.74 Å². The van der Waals surface area contributed by atoms with Crippen LogP contribution in [0.5, 0.6) is 0 Å². The summed E-state index contributed by atoms with van der Waals surface area (Å²) in [6.45, 7) is 5.79.